The van der Waals surface area contributed by atoms with Crippen molar-refractivity contribution in [1.29, 1.82) is 0 Å². The SMILES string of the molecule is COc1ccc(/C=C2\SC(=S)N(c3ccc([O-])c(C(=O)O)c3)C2=O)cc1. The van der Waals surface area contributed by atoms with E-state index >= 15 is 0 Å². The molecule has 1 amide bonds. The molecule has 26 heavy (non-hydrogen) atoms. The molecule has 1 fully saturated rings. The number of thiocarbonyl (C=S) groups is 1. The zero-order valence-corrected chi connectivity index (χ0v) is 15.1. The lowest BCUT2D eigenvalue weighted by Gasteiger charge is -2.18. The fourth-order valence-electron chi connectivity index (χ4n) is 2.37. The summed E-state index contributed by atoms with van der Waals surface area (Å²) in [4.78, 5) is 25.5. The maximum absolute atomic E-state index is 12.7. The van der Waals surface area contributed by atoms with Crippen LogP contribution in [0, 0.1) is 0 Å². The number of hydrogen-bond donors (Lipinski definition) is 1. The Hall–Kier alpha value is -2.84. The number of thioether (sulfide) groups is 1. The zero-order chi connectivity index (χ0) is 18.8. The Labute approximate surface area is 158 Å². The molecule has 8 heteroatoms. The summed E-state index contributed by atoms with van der Waals surface area (Å²) in [5, 5.41) is 20.7. The predicted molar refractivity (Wildman–Crippen MR) is 101 cm³/mol. The molecule has 0 atom stereocenters. The molecule has 0 aliphatic carbocycles. The molecule has 0 radical (unpaired) electrons. The Morgan fingerprint density at radius 1 is 1.27 bits per heavy atom. The number of amides is 1. The minimum atomic E-state index is -1.35. The molecule has 0 bridgehead atoms. The molecular weight excluding hydrogens is 374 g/mol. The lowest BCUT2D eigenvalue weighted by Crippen LogP contribution is -2.27. The summed E-state index contributed by atoms with van der Waals surface area (Å²) < 4.78 is 5.37. The van der Waals surface area contributed by atoms with Gasteiger partial charge >= 0.3 is 5.97 Å². The highest BCUT2D eigenvalue weighted by molar-refractivity contribution is 8.27. The Kier molecular flexibility index (Phi) is 4.97. The second-order valence-corrected chi connectivity index (χ2v) is 6.95. The summed E-state index contributed by atoms with van der Waals surface area (Å²) in [6.07, 6.45) is 1.69. The number of anilines is 1. The van der Waals surface area contributed by atoms with Crippen LogP contribution in [0.4, 0.5) is 5.69 Å². The zero-order valence-electron chi connectivity index (χ0n) is 13.5. The number of aromatic carboxylic acids is 1. The van der Waals surface area contributed by atoms with Crippen molar-refractivity contribution in [1.82, 2.24) is 0 Å². The van der Waals surface area contributed by atoms with Crippen LogP contribution in [0.25, 0.3) is 6.08 Å². The minimum Gasteiger partial charge on any atom is -0.872 e. The van der Waals surface area contributed by atoms with Crippen molar-refractivity contribution in [3.8, 4) is 11.5 Å². The molecule has 0 aromatic heterocycles. The van der Waals surface area contributed by atoms with Gasteiger partial charge in [0, 0.05) is 0 Å². The number of rotatable bonds is 4. The van der Waals surface area contributed by atoms with Gasteiger partial charge in [-0.2, -0.15) is 0 Å². The molecule has 0 unspecified atom stereocenters. The van der Waals surface area contributed by atoms with Crippen LogP contribution in [0.3, 0.4) is 0 Å². The standard InChI is InChI=1S/C18H13NO5S2/c1-24-12-5-2-10(3-6-12)8-15-16(21)19(18(25)26-15)11-4-7-14(20)13(9-11)17(22)23/h2-9,20H,1H3,(H,22,23)/p-1/b15-8-. The van der Waals surface area contributed by atoms with Gasteiger partial charge in [0.1, 0.15) is 5.75 Å². The number of nitrogens with zero attached hydrogens (tertiary/aromatic N) is 1. The van der Waals surface area contributed by atoms with E-state index in [1.165, 1.54) is 11.0 Å². The summed E-state index contributed by atoms with van der Waals surface area (Å²) in [6.45, 7) is 0. The molecule has 6 nitrogen and oxygen atoms in total. The van der Waals surface area contributed by atoms with Crippen LogP contribution in [0.1, 0.15) is 15.9 Å². The molecule has 132 valence electrons. The summed E-state index contributed by atoms with van der Waals surface area (Å²) in [7, 11) is 1.57. The summed E-state index contributed by atoms with van der Waals surface area (Å²) in [5.41, 5.74) is 0.644. The normalized spacial score (nSPS) is 15.6. The van der Waals surface area contributed by atoms with Gasteiger partial charge in [-0.1, -0.05) is 47.9 Å². The van der Waals surface area contributed by atoms with E-state index in [1.54, 1.807) is 37.5 Å². The van der Waals surface area contributed by atoms with E-state index in [0.717, 1.165) is 29.5 Å². The first-order valence-electron chi connectivity index (χ1n) is 7.37. The highest BCUT2D eigenvalue weighted by Gasteiger charge is 2.33. The van der Waals surface area contributed by atoms with Gasteiger partial charge in [-0.3, -0.25) is 9.69 Å². The molecular formula is C18H12NO5S2-. The van der Waals surface area contributed by atoms with E-state index in [-0.39, 0.29) is 15.9 Å². The third-order valence-electron chi connectivity index (χ3n) is 3.66. The van der Waals surface area contributed by atoms with Crippen molar-refractivity contribution in [2.75, 3.05) is 12.0 Å². The molecule has 3 rings (SSSR count). The number of benzene rings is 2. The lowest BCUT2D eigenvalue weighted by atomic mass is 10.1. The van der Waals surface area contributed by atoms with E-state index in [2.05, 4.69) is 0 Å². The van der Waals surface area contributed by atoms with Crippen LogP contribution in [0.15, 0.2) is 47.4 Å². The van der Waals surface area contributed by atoms with Crippen LogP contribution in [0.5, 0.6) is 11.5 Å². The second kappa shape index (κ2) is 7.19. The van der Waals surface area contributed by atoms with Crippen molar-refractivity contribution in [3.63, 3.8) is 0 Å². The number of carboxylic acid groups (broad SMARTS) is 1. The molecule has 2 aromatic carbocycles. The van der Waals surface area contributed by atoms with Gasteiger partial charge in [0.05, 0.1) is 23.3 Å². The monoisotopic (exact) mass is 386 g/mol. The number of hydrogen-bond acceptors (Lipinski definition) is 6. The van der Waals surface area contributed by atoms with Crippen molar-refractivity contribution >= 4 is 51.9 Å². The van der Waals surface area contributed by atoms with Gasteiger partial charge < -0.3 is 14.9 Å². The van der Waals surface area contributed by atoms with E-state index < -0.39 is 17.3 Å². The molecule has 2 aromatic rings. The molecule has 0 spiro atoms. The van der Waals surface area contributed by atoms with Crippen LogP contribution < -0.4 is 14.7 Å². The molecule has 1 N–H and O–H groups in total. The third kappa shape index (κ3) is 3.42. The first-order chi connectivity index (χ1) is 12.4. The van der Waals surface area contributed by atoms with E-state index in [9.17, 15) is 14.7 Å². The Bertz CT molecular complexity index is 937. The highest BCUT2D eigenvalue weighted by Crippen LogP contribution is 2.37. The molecule has 1 aliphatic heterocycles. The smallest absolute Gasteiger partial charge is 0.335 e. The van der Waals surface area contributed by atoms with E-state index in [4.69, 9.17) is 22.1 Å². The number of methoxy groups -OCH3 is 1. The Morgan fingerprint density at radius 3 is 2.58 bits per heavy atom. The van der Waals surface area contributed by atoms with Gasteiger partial charge in [0.2, 0.25) is 0 Å². The fourth-order valence-corrected chi connectivity index (χ4v) is 3.67. The quantitative estimate of drug-likeness (QED) is 0.638. The first kappa shape index (κ1) is 18.0. The van der Waals surface area contributed by atoms with Crippen molar-refractivity contribution in [2.45, 2.75) is 0 Å². The van der Waals surface area contributed by atoms with Gasteiger partial charge in [0.15, 0.2) is 4.32 Å². The van der Waals surface area contributed by atoms with E-state index in [0.29, 0.717) is 10.7 Å². The Morgan fingerprint density at radius 2 is 1.96 bits per heavy atom. The largest absolute Gasteiger partial charge is 0.872 e. The van der Waals surface area contributed by atoms with Crippen LogP contribution >= 0.6 is 24.0 Å². The summed E-state index contributed by atoms with van der Waals surface area (Å²) in [5.74, 6) is -1.64. The molecule has 1 heterocycles. The lowest BCUT2D eigenvalue weighted by molar-refractivity contribution is -0.268. The predicted octanol–water partition coefficient (Wildman–Crippen LogP) is 2.87. The molecule has 1 aliphatic rings. The third-order valence-corrected chi connectivity index (χ3v) is 4.96. The van der Waals surface area contributed by atoms with E-state index in [1.807, 2.05) is 0 Å². The minimum absolute atomic E-state index is 0.252. The molecule has 1 saturated heterocycles. The van der Waals surface area contributed by atoms with Gasteiger partial charge in [-0.15, -0.1) is 0 Å². The van der Waals surface area contributed by atoms with Gasteiger partial charge in [-0.05, 0) is 35.9 Å². The van der Waals surface area contributed by atoms with Gasteiger partial charge in [0.25, 0.3) is 5.91 Å². The van der Waals surface area contributed by atoms with Crippen molar-refractivity contribution < 1.29 is 24.5 Å². The fraction of sp³-hybridized carbons (Fsp3) is 0.0556. The maximum Gasteiger partial charge on any atom is 0.335 e. The maximum atomic E-state index is 12.7. The average Bonchev–Trinajstić information content (AvgIpc) is 2.89. The van der Waals surface area contributed by atoms with Crippen molar-refractivity contribution in [3.05, 3.63) is 58.5 Å². The summed E-state index contributed by atoms with van der Waals surface area (Å²) in [6, 6.07) is 10.8. The second-order valence-electron chi connectivity index (χ2n) is 5.28. The topological polar surface area (TPSA) is 89.9 Å². The Balaban J connectivity index is 1.92. The van der Waals surface area contributed by atoms with Crippen LogP contribution in [0.2, 0.25) is 0 Å². The van der Waals surface area contributed by atoms with Crippen LogP contribution in [-0.2, 0) is 4.79 Å². The number of carbonyl (C=O) groups is 2. The van der Waals surface area contributed by atoms with Crippen LogP contribution in [-0.4, -0.2) is 28.4 Å². The number of ether oxygens (including phenoxy) is 1. The first-order valence-corrected chi connectivity index (χ1v) is 8.59. The number of carboxylic acids is 1. The van der Waals surface area contributed by atoms with Crippen molar-refractivity contribution in [2.24, 2.45) is 0 Å². The average molecular weight is 386 g/mol. The summed E-state index contributed by atoms with van der Waals surface area (Å²) >= 11 is 6.37. The highest BCUT2D eigenvalue weighted by atomic mass is 32.2. The van der Waals surface area contributed by atoms with Gasteiger partial charge in [-0.25, -0.2) is 4.79 Å². The molecule has 0 saturated carbocycles. The number of carbonyl (C=O) groups excluding carboxylic acids is 1.